The minimum Gasteiger partial charge on any atom is -0.441 e. The molecule has 0 aliphatic heterocycles. The fourth-order valence-corrected chi connectivity index (χ4v) is 3.28. The zero-order valence-electron chi connectivity index (χ0n) is 9.41. The Morgan fingerprint density at radius 2 is 2.18 bits per heavy atom. The van der Waals surface area contributed by atoms with Crippen molar-refractivity contribution in [3.8, 4) is 0 Å². The summed E-state index contributed by atoms with van der Waals surface area (Å²) in [6.07, 6.45) is 3.62. The van der Waals surface area contributed by atoms with Crippen LogP contribution in [0.4, 0.5) is 4.79 Å². The van der Waals surface area contributed by atoms with Crippen LogP contribution >= 0.6 is 15.9 Å². The van der Waals surface area contributed by atoms with E-state index in [1.54, 1.807) is 0 Å². The summed E-state index contributed by atoms with van der Waals surface area (Å²) < 4.78 is 6.43. The van der Waals surface area contributed by atoms with Gasteiger partial charge in [0.2, 0.25) is 0 Å². The third kappa shape index (κ3) is 1.84. The highest BCUT2D eigenvalue weighted by atomic mass is 79.9. The molecule has 1 fully saturated rings. The van der Waals surface area contributed by atoms with Gasteiger partial charge in [0.05, 0.1) is 0 Å². The van der Waals surface area contributed by atoms with Crippen molar-refractivity contribution in [3.05, 3.63) is 33.8 Å². The van der Waals surface area contributed by atoms with Crippen LogP contribution in [-0.2, 0) is 11.2 Å². The van der Waals surface area contributed by atoms with Gasteiger partial charge in [-0.15, -0.1) is 0 Å². The van der Waals surface area contributed by atoms with Gasteiger partial charge in [0.25, 0.3) is 0 Å². The van der Waals surface area contributed by atoms with Crippen molar-refractivity contribution in [2.75, 3.05) is 0 Å². The molecule has 1 unspecified atom stereocenters. The fourth-order valence-electron chi connectivity index (χ4n) is 2.87. The molecule has 1 saturated carbocycles. The van der Waals surface area contributed by atoms with Gasteiger partial charge in [-0.05, 0) is 48.9 Å². The molecular weight excluding hydrogens is 282 g/mol. The predicted octanol–water partition coefficient (Wildman–Crippen LogP) is 3.31. The molecule has 0 saturated heterocycles. The predicted molar refractivity (Wildman–Crippen MR) is 67.5 cm³/mol. The van der Waals surface area contributed by atoms with E-state index in [2.05, 4.69) is 22.0 Å². The summed E-state index contributed by atoms with van der Waals surface area (Å²) in [6.45, 7) is 0. The molecule has 1 amide bonds. The number of aryl methyl sites for hydroxylation is 1. The smallest absolute Gasteiger partial charge is 0.405 e. The molecule has 0 bridgehead atoms. The number of rotatable bonds is 1. The lowest BCUT2D eigenvalue weighted by molar-refractivity contribution is 0.0471. The summed E-state index contributed by atoms with van der Waals surface area (Å²) in [6, 6.07) is 6.16. The van der Waals surface area contributed by atoms with E-state index in [0.29, 0.717) is 0 Å². The largest absolute Gasteiger partial charge is 0.441 e. The Kier molecular flexibility index (Phi) is 2.43. The van der Waals surface area contributed by atoms with E-state index >= 15 is 0 Å². The lowest BCUT2D eigenvalue weighted by Crippen LogP contribution is -2.28. The van der Waals surface area contributed by atoms with Crippen molar-refractivity contribution < 1.29 is 9.53 Å². The number of carbonyl (C=O) groups is 1. The second-order valence-corrected chi connectivity index (χ2v) is 5.94. The van der Waals surface area contributed by atoms with E-state index in [1.807, 2.05) is 12.1 Å². The molecule has 17 heavy (non-hydrogen) atoms. The standard InChI is InChI=1S/C13H14BrNO2/c14-9-1-2-10-8(7-9)3-4-13(5-6-13)11(10)17-12(15)16/h1-2,7,11H,3-6H2,(H2,15,16). The Balaban J connectivity index is 2.01. The van der Waals surface area contributed by atoms with E-state index in [9.17, 15) is 4.79 Å². The normalized spacial score (nSPS) is 24.2. The first-order valence-electron chi connectivity index (χ1n) is 5.85. The highest BCUT2D eigenvalue weighted by molar-refractivity contribution is 9.10. The Morgan fingerprint density at radius 1 is 1.41 bits per heavy atom. The molecule has 1 aromatic rings. The van der Waals surface area contributed by atoms with Crippen LogP contribution < -0.4 is 5.73 Å². The number of hydrogen-bond donors (Lipinski definition) is 1. The first-order chi connectivity index (χ1) is 8.11. The summed E-state index contributed by atoms with van der Waals surface area (Å²) in [5.74, 6) is 0. The second kappa shape index (κ2) is 3.73. The maximum absolute atomic E-state index is 11.1. The maximum atomic E-state index is 11.1. The summed E-state index contributed by atoms with van der Waals surface area (Å²) >= 11 is 3.47. The highest BCUT2D eigenvalue weighted by Crippen LogP contribution is 2.62. The molecule has 2 N–H and O–H groups in total. The number of ether oxygens (including phenoxy) is 1. The van der Waals surface area contributed by atoms with E-state index in [4.69, 9.17) is 10.5 Å². The molecule has 0 radical (unpaired) electrons. The van der Waals surface area contributed by atoms with E-state index in [0.717, 1.165) is 35.7 Å². The Bertz CT molecular complexity index is 482. The average molecular weight is 296 g/mol. The summed E-state index contributed by atoms with van der Waals surface area (Å²) in [5, 5.41) is 0. The molecule has 0 aromatic heterocycles. The number of carbonyl (C=O) groups excluding carboxylic acids is 1. The minimum absolute atomic E-state index is 0.142. The van der Waals surface area contributed by atoms with Crippen LogP contribution in [-0.4, -0.2) is 6.09 Å². The van der Waals surface area contributed by atoms with Gasteiger partial charge in [0.15, 0.2) is 0 Å². The van der Waals surface area contributed by atoms with Crippen LogP contribution in [0.15, 0.2) is 22.7 Å². The van der Waals surface area contributed by atoms with Gasteiger partial charge < -0.3 is 10.5 Å². The molecule has 1 spiro atoms. The third-order valence-electron chi connectivity index (χ3n) is 3.96. The minimum atomic E-state index is -0.669. The first kappa shape index (κ1) is 11.1. The van der Waals surface area contributed by atoms with E-state index in [1.165, 1.54) is 5.56 Å². The molecule has 2 aliphatic rings. The monoisotopic (exact) mass is 295 g/mol. The Morgan fingerprint density at radius 3 is 2.82 bits per heavy atom. The quantitative estimate of drug-likeness (QED) is 0.864. The number of nitrogens with two attached hydrogens (primary N) is 1. The number of hydrogen-bond acceptors (Lipinski definition) is 2. The number of primary amides is 1. The summed E-state index contributed by atoms with van der Waals surface area (Å²) in [4.78, 5) is 11.1. The molecule has 0 heterocycles. The van der Waals surface area contributed by atoms with Crippen LogP contribution in [0.25, 0.3) is 0 Å². The van der Waals surface area contributed by atoms with Crippen LogP contribution in [0.3, 0.4) is 0 Å². The molecule has 3 nitrogen and oxygen atoms in total. The molecule has 3 rings (SSSR count). The maximum Gasteiger partial charge on any atom is 0.405 e. The third-order valence-corrected chi connectivity index (χ3v) is 4.46. The molecule has 1 aromatic carbocycles. The highest BCUT2D eigenvalue weighted by Gasteiger charge is 2.54. The zero-order chi connectivity index (χ0) is 12.0. The number of amides is 1. The van der Waals surface area contributed by atoms with Crippen LogP contribution in [0.2, 0.25) is 0 Å². The molecule has 2 aliphatic carbocycles. The zero-order valence-corrected chi connectivity index (χ0v) is 11.0. The van der Waals surface area contributed by atoms with Crippen molar-refractivity contribution in [2.24, 2.45) is 11.1 Å². The fraction of sp³-hybridized carbons (Fsp3) is 0.462. The van der Waals surface area contributed by atoms with Crippen molar-refractivity contribution in [1.82, 2.24) is 0 Å². The Hall–Kier alpha value is -1.03. The molecule has 90 valence electrons. The van der Waals surface area contributed by atoms with Gasteiger partial charge in [-0.3, -0.25) is 0 Å². The van der Waals surface area contributed by atoms with E-state index < -0.39 is 6.09 Å². The number of benzene rings is 1. The SMILES string of the molecule is NC(=O)OC1c2ccc(Br)cc2CCC12CC2. The average Bonchev–Trinajstić information content (AvgIpc) is 3.03. The van der Waals surface area contributed by atoms with Gasteiger partial charge in [-0.1, -0.05) is 22.0 Å². The van der Waals surface area contributed by atoms with Gasteiger partial charge in [-0.25, -0.2) is 4.79 Å². The Labute approximate surface area is 108 Å². The molecule has 4 heteroatoms. The molecule has 1 atom stereocenters. The van der Waals surface area contributed by atoms with Gasteiger partial charge in [-0.2, -0.15) is 0 Å². The lowest BCUT2D eigenvalue weighted by Gasteiger charge is -2.33. The van der Waals surface area contributed by atoms with Crippen molar-refractivity contribution in [3.63, 3.8) is 0 Å². The second-order valence-electron chi connectivity index (χ2n) is 5.02. The van der Waals surface area contributed by atoms with Gasteiger partial charge in [0.1, 0.15) is 6.10 Å². The van der Waals surface area contributed by atoms with Crippen molar-refractivity contribution >= 4 is 22.0 Å². The van der Waals surface area contributed by atoms with Crippen molar-refractivity contribution in [2.45, 2.75) is 31.8 Å². The number of fused-ring (bicyclic) bond motifs is 1. The van der Waals surface area contributed by atoms with Crippen LogP contribution in [0.1, 0.15) is 36.5 Å². The summed E-state index contributed by atoms with van der Waals surface area (Å²) in [5.41, 5.74) is 7.77. The summed E-state index contributed by atoms with van der Waals surface area (Å²) in [7, 11) is 0. The van der Waals surface area contributed by atoms with Crippen LogP contribution in [0, 0.1) is 5.41 Å². The van der Waals surface area contributed by atoms with E-state index in [-0.39, 0.29) is 11.5 Å². The van der Waals surface area contributed by atoms with Crippen LogP contribution in [0.5, 0.6) is 0 Å². The first-order valence-corrected chi connectivity index (χ1v) is 6.64. The van der Waals surface area contributed by atoms with Gasteiger partial charge in [0, 0.05) is 9.89 Å². The topological polar surface area (TPSA) is 52.3 Å². The van der Waals surface area contributed by atoms with Crippen molar-refractivity contribution in [1.29, 1.82) is 0 Å². The lowest BCUT2D eigenvalue weighted by atomic mass is 9.79. The van der Waals surface area contributed by atoms with Gasteiger partial charge >= 0.3 is 6.09 Å². The number of halogens is 1. The molecular formula is C13H14BrNO2.